The van der Waals surface area contributed by atoms with Crippen LogP contribution in [0.3, 0.4) is 0 Å². The smallest absolute Gasteiger partial charge is 0.251 e. The Hall–Kier alpha value is -2.72. The van der Waals surface area contributed by atoms with E-state index in [1.807, 2.05) is 30.3 Å². The van der Waals surface area contributed by atoms with Gasteiger partial charge in [0.25, 0.3) is 5.91 Å². The zero-order valence-corrected chi connectivity index (χ0v) is 19.6. The van der Waals surface area contributed by atoms with E-state index in [1.165, 1.54) is 18.2 Å². The van der Waals surface area contributed by atoms with Gasteiger partial charge in [0, 0.05) is 18.7 Å². The summed E-state index contributed by atoms with van der Waals surface area (Å²) >= 11 is 6.15. The van der Waals surface area contributed by atoms with Crippen LogP contribution in [-0.2, 0) is 14.8 Å². The number of carbonyl (C=O) groups excluding carboxylic acids is 1. The second-order valence-corrected chi connectivity index (χ2v) is 10.0. The predicted octanol–water partition coefficient (Wildman–Crippen LogP) is 3.68. The maximum atomic E-state index is 12.8. The SMILES string of the molecule is CC(NC(=O)c1ccc(Cl)c(S(=O)(=O)NCC2CCCO2)c1)c1ncc(-c2ccccc2)[nH]1. The minimum Gasteiger partial charge on any atom is -0.377 e. The molecule has 174 valence electrons. The summed E-state index contributed by atoms with van der Waals surface area (Å²) in [6.45, 7) is 2.58. The first-order valence-corrected chi connectivity index (χ1v) is 12.5. The second kappa shape index (κ2) is 10.0. The maximum absolute atomic E-state index is 12.8. The highest BCUT2D eigenvalue weighted by atomic mass is 35.5. The number of imidazole rings is 1. The summed E-state index contributed by atoms with van der Waals surface area (Å²) in [4.78, 5) is 20.3. The number of benzene rings is 2. The van der Waals surface area contributed by atoms with Gasteiger partial charge in [0.2, 0.25) is 10.0 Å². The Morgan fingerprint density at radius 1 is 1.27 bits per heavy atom. The first-order chi connectivity index (χ1) is 15.8. The van der Waals surface area contributed by atoms with Crippen molar-refractivity contribution in [2.45, 2.75) is 36.8 Å². The third-order valence-corrected chi connectivity index (χ3v) is 7.35. The predicted molar refractivity (Wildman–Crippen MR) is 126 cm³/mol. The molecule has 2 heterocycles. The number of aromatic nitrogens is 2. The molecule has 4 rings (SSSR count). The lowest BCUT2D eigenvalue weighted by atomic mass is 10.2. The number of nitrogens with one attached hydrogen (secondary N) is 3. The first kappa shape index (κ1) is 23.4. The van der Waals surface area contributed by atoms with E-state index in [2.05, 4.69) is 20.0 Å². The van der Waals surface area contributed by atoms with Crippen LogP contribution in [0.5, 0.6) is 0 Å². The normalized spacial score (nSPS) is 17.1. The molecule has 1 aromatic heterocycles. The minimum atomic E-state index is -3.90. The fourth-order valence-corrected chi connectivity index (χ4v) is 5.20. The molecule has 2 atom stereocenters. The molecule has 3 N–H and O–H groups in total. The number of sulfonamides is 1. The maximum Gasteiger partial charge on any atom is 0.251 e. The average Bonchev–Trinajstić information content (AvgIpc) is 3.51. The Kier molecular flexibility index (Phi) is 7.14. The summed E-state index contributed by atoms with van der Waals surface area (Å²) in [6.07, 6.45) is 3.26. The molecule has 33 heavy (non-hydrogen) atoms. The number of amides is 1. The second-order valence-electron chi connectivity index (χ2n) is 7.88. The molecule has 0 aliphatic carbocycles. The van der Waals surface area contributed by atoms with E-state index in [-0.39, 0.29) is 28.1 Å². The monoisotopic (exact) mass is 488 g/mol. The van der Waals surface area contributed by atoms with Crippen molar-refractivity contribution in [1.82, 2.24) is 20.0 Å². The lowest BCUT2D eigenvalue weighted by molar-refractivity contribution is 0.0938. The standard InChI is InChI=1S/C23H25ClN4O4S/c1-15(22-25-14-20(28-22)16-6-3-2-4-7-16)27-23(29)17-9-10-19(24)21(12-17)33(30,31)26-13-18-8-5-11-32-18/h2-4,6-7,9-10,12,14-15,18,26H,5,8,11,13H2,1H3,(H,25,28)(H,27,29). The van der Waals surface area contributed by atoms with Crippen LogP contribution in [0, 0.1) is 0 Å². The van der Waals surface area contributed by atoms with Gasteiger partial charge in [-0.2, -0.15) is 0 Å². The van der Waals surface area contributed by atoms with E-state index >= 15 is 0 Å². The van der Waals surface area contributed by atoms with Crippen LogP contribution in [-0.4, -0.2) is 43.5 Å². The molecule has 0 radical (unpaired) electrons. The van der Waals surface area contributed by atoms with Crippen molar-refractivity contribution < 1.29 is 17.9 Å². The van der Waals surface area contributed by atoms with Gasteiger partial charge in [0.15, 0.2) is 0 Å². The molecular formula is C23H25ClN4O4S. The van der Waals surface area contributed by atoms with Gasteiger partial charge in [-0.05, 0) is 43.5 Å². The lowest BCUT2D eigenvalue weighted by Crippen LogP contribution is -2.32. The van der Waals surface area contributed by atoms with Crippen molar-refractivity contribution in [1.29, 1.82) is 0 Å². The topological polar surface area (TPSA) is 113 Å². The van der Waals surface area contributed by atoms with E-state index in [4.69, 9.17) is 16.3 Å². The lowest BCUT2D eigenvalue weighted by Gasteiger charge is -2.14. The van der Waals surface area contributed by atoms with Gasteiger partial charge in [0.1, 0.15) is 10.7 Å². The summed E-state index contributed by atoms with van der Waals surface area (Å²) < 4.78 is 33.5. The number of halogens is 1. The fraction of sp³-hybridized carbons (Fsp3) is 0.304. The van der Waals surface area contributed by atoms with Crippen LogP contribution in [0.4, 0.5) is 0 Å². The zero-order chi connectivity index (χ0) is 23.4. The Morgan fingerprint density at radius 3 is 2.79 bits per heavy atom. The number of rotatable bonds is 8. The van der Waals surface area contributed by atoms with Crippen molar-refractivity contribution >= 4 is 27.5 Å². The van der Waals surface area contributed by atoms with E-state index < -0.39 is 22.0 Å². The molecule has 10 heteroatoms. The van der Waals surface area contributed by atoms with Crippen LogP contribution < -0.4 is 10.0 Å². The summed E-state index contributed by atoms with van der Waals surface area (Å²) in [5, 5.41) is 2.88. The van der Waals surface area contributed by atoms with E-state index in [0.29, 0.717) is 12.4 Å². The number of H-pyrrole nitrogens is 1. The van der Waals surface area contributed by atoms with Crippen molar-refractivity contribution in [2.24, 2.45) is 0 Å². The van der Waals surface area contributed by atoms with Gasteiger partial charge in [-0.15, -0.1) is 0 Å². The summed E-state index contributed by atoms with van der Waals surface area (Å²) in [5.74, 6) is 0.148. The zero-order valence-electron chi connectivity index (χ0n) is 18.0. The van der Waals surface area contributed by atoms with E-state index in [9.17, 15) is 13.2 Å². The Balaban J connectivity index is 1.45. The Morgan fingerprint density at radius 2 is 2.06 bits per heavy atom. The summed E-state index contributed by atoms with van der Waals surface area (Å²) in [6, 6.07) is 13.5. The number of hydrogen-bond donors (Lipinski definition) is 3. The van der Waals surface area contributed by atoms with Gasteiger partial charge in [-0.3, -0.25) is 4.79 Å². The average molecular weight is 489 g/mol. The molecule has 0 bridgehead atoms. The van der Waals surface area contributed by atoms with Crippen molar-refractivity contribution in [2.75, 3.05) is 13.2 Å². The highest BCUT2D eigenvalue weighted by Crippen LogP contribution is 2.24. The molecule has 1 saturated heterocycles. The number of ether oxygens (including phenoxy) is 1. The number of aromatic amines is 1. The largest absolute Gasteiger partial charge is 0.377 e. The highest BCUT2D eigenvalue weighted by Gasteiger charge is 2.24. The van der Waals surface area contributed by atoms with Gasteiger partial charge in [0.05, 0.1) is 29.1 Å². The fourth-order valence-electron chi connectivity index (χ4n) is 3.61. The molecule has 0 spiro atoms. The van der Waals surface area contributed by atoms with Gasteiger partial charge < -0.3 is 15.0 Å². The van der Waals surface area contributed by atoms with Crippen LogP contribution in [0.25, 0.3) is 11.3 Å². The number of hydrogen-bond acceptors (Lipinski definition) is 5. The quantitative estimate of drug-likeness (QED) is 0.447. The minimum absolute atomic E-state index is 0.0398. The molecule has 1 aliphatic heterocycles. The van der Waals surface area contributed by atoms with Gasteiger partial charge >= 0.3 is 0 Å². The summed E-state index contributed by atoms with van der Waals surface area (Å²) in [5.41, 5.74) is 2.00. The Bertz CT molecular complexity index is 1220. The van der Waals surface area contributed by atoms with Gasteiger partial charge in [-0.25, -0.2) is 18.1 Å². The number of nitrogens with zero attached hydrogens (tertiary/aromatic N) is 1. The molecule has 0 saturated carbocycles. The number of carbonyl (C=O) groups is 1. The molecular weight excluding hydrogens is 464 g/mol. The third-order valence-electron chi connectivity index (χ3n) is 5.45. The van der Waals surface area contributed by atoms with Crippen LogP contribution in [0.15, 0.2) is 59.6 Å². The molecule has 2 aromatic carbocycles. The molecule has 1 amide bonds. The van der Waals surface area contributed by atoms with E-state index in [0.717, 1.165) is 24.1 Å². The molecule has 1 fully saturated rings. The van der Waals surface area contributed by atoms with E-state index in [1.54, 1.807) is 13.1 Å². The molecule has 8 nitrogen and oxygen atoms in total. The summed E-state index contributed by atoms with van der Waals surface area (Å²) in [7, 11) is -3.90. The molecule has 1 aliphatic rings. The highest BCUT2D eigenvalue weighted by molar-refractivity contribution is 7.89. The first-order valence-electron chi connectivity index (χ1n) is 10.7. The van der Waals surface area contributed by atoms with Crippen LogP contribution in [0.1, 0.15) is 42.0 Å². The molecule has 2 unspecified atom stereocenters. The third kappa shape index (κ3) is 5.62. The van der Waals surface area contributed by atoms with Crippen LogP contribution in [0.2, 0.25) is 5.02 Å². The van der Waals surface area contributed by atoms with Crippen molar-refractivity contribution in [3.05, 3.63) is 71.1 Å². The van der Waals surface area contributed by atoms with Crippen molar-refractivity contribution in [3.8, 4) is 11.3 Å². The van der Waals surface area contributed by atoms with Crippen LogP contribution >= 0.6 is 11.6 Å². The Labute approximate surface area is 197 Å². The van der Waals surface area contributed by atoms with Crippen molar-refractivity contribution in [3.63, 3.8) is 0 Å². The molecule has 3 aromatic rings. The van der Waals surface area contributed by atoms with Gasteiger partial charge in [-0.1, -0.05) is 41.9 Å².